The smallest absolute Gasteiger partial charge is 0.266 e. The average Bonchev–Trinajstić information content (AvgIpc) is 3.52. The van der Waals surface area contributed by atoms with Gasteiger partial charge in [0.1, 0.15) is 4.88 Å². The standard InChI is InChI=1S/C23H27N3O5S2/c1-3-30-20-8-7-18(17-21(20)31-4-2)33(28,29)26-14-12-25(13-15-26)23(27)22-19(9-16-32-22)24-10-5-6-11-24/h5-11,16-17H,3-4,12-15H2,1-2H3. The molecule has 0 saturated carbocycles. The van der Waals surface area contributed by atoms with Gasteiger partial charge in [-0.25, -0.2) is 8.42 Å². The number of ether oxygens (including phenoxy) is 2. The fourth-order valence-corrected chi connectivity index (χ4v) is 6.07. The predicted molar refractivity (Wildman–Crippen MR) is 127 cm³/mol. The highest BCUT2D eigenvalue weighted by Crippen LogP contribution is 2.32. The molecule has 3 heterocycles. The van der Waals surface area contributed by atoms with Crippen LogP contribution in [0.25, 0.3) is 5.69 Å². The summed E-state index contributed by atoms with van der Waals surface area (Å²) in [6, 6.07) is 10.4. The number of carbonyl (C=O) groups excluding carboxylic acids is 1. The molecular formula is C23H27N3O5S2. The number of aromatic nitrogens is 1. The lowest BCUT2D eigenvalue weighted by molar-refractivity contribution is 0.0703. The van der Waals surface area contributed by atoms with Crippen LogP contribution in [0.4, 0.5) is 0 Å². The molecule has 1 aromatic carbocycles. The Morgan fingerprint density at radius 2 is 1.64 bits per heavy atom. The maximum Gasteiger partial charge on any atom is 0.266 e. The highest BCUT2D eigenvalue weighted by Gasteiger charge is 2.32. The van der Waals surface area contributed by atoms with Crippen LogP contribution in [0.1, 0.15) is 23.5 Å². The van der Waals surface area contributed by atoms with E-state index < -0.39 is 10.0 Å². The second-order valence-electron chi connectivity index (χ2n) is 7.40. The first kappa shape index (κ1) is 23.3. The molecule has 176 valence electrons. The molecular weight excluding hydrogens is 462 g/mol. The van der Waals surface area contributed by atoms with E-state index in [0.717, 1.165) is 5.69 Å². The minimum absolute atomic E-state index is 0.0783. The Labute approximate surface area is 198 Å². The number of carbonyl (C=O) groups is 1. The fraction of sp³-hybridized carbons (Fsp3) is 0.348. The molecule has 0 atom stereocenters. The van der Waals surface area contributed by atoms with E-state index in [9.17, 15) is 13.2 Å². The van der Waals surface area contributed by atoms with E-state index in [4.69, 9.17) is 9.47 Å². The molecule has 3 aromatic rings. The van der Waals surface area contributed by atoms with Gasteiger partial charge in [-0.1, -0.05) is 0 Å². The topological polar surface area (TPSA) is 81.1 Å². The molecule has 1 amide bonds. The van der Waals surface area contributed by atoms with Crippen LogP contribution in [0.15, 0.2) is 59.1 Å². The Balaban J connectivity index is 1.47. The van der Waals surface area contributed by atoms with Crippen LogP contribution in [0.3, 0.4) is 0 Å². The van der Waals surface area contributed by atoms with Gasteiger partial charge in [-0.3, -0.25) is 4.79 Å². The molecule has 2 aromatic heterocycles. The Kier molecular flexibility index (Phi) is 7.06. The van der Waals surface area contributed by atoms with E-state index in [2.05, 4.69) is 0 Å². The van der Waals surface area contributed by atoms with Crippen molar-refractivity contribution in [2.75, 3.05) is 39.4 Å². The second-order valence-corrected chi connectivity index (χ2v) is 10.3. The van der Waals surface area contributed by atoms with Gasteiger partial charge in [-0.2, -0.15) is 4.31 Å². The highest BCUT2D eigenvalue weighted by atomic mass is 32.2. The van der Waals surface area contributed by atoms with Crippen LogP contribution in [0.2, 0.25) is 0 Å². The zero-order chi connectivity index (χ0) is 23.4. The first-order valence-electron chi connectivity index (χ1n) is 10.9. The summed E-state index contributed by atoms with van der Waals surface area (Å²) in [4.78, 5) is 15.7. The maximum atomic E-state index is 13.3. The van der Waals surface area contributed by atoms with Crippen LogP contribution in [-0.4, -0.2) is 67.5 Å². The minimum Gasteiger partial charge on any atom is -0.490 e. The van der Waals surface area contributed by atoms with Gasteiger partial charge in [0.15, 0.2) is 11.5 Å². The third-order valence-electron chi connectivity index (χ3n) is 5.40. The molecule has 1 fully saturated rings. The number of hydrogen-bond donors (Lipinski definition) is 0. The third kappa shape index (κ3) is 4.78. The third-order valence-corrected chi connectivity index (χ3v) is 8.19. The summed E-state index contributed by atoms with van der Waals surface area (Å²) in [5, 5.41) is 1.89. The van der Waals surface area contributed by atoms with Crippen LogP contribution >= 0.6 is 11.3 Å². The van der Waals surface area contributed by atoms with Crippen molar-refractivity contribution in [3.63, 3.8) is 0 Å². The predicted octanol–water partition coefficient (Wildman–Crippen LogP) is 3.48. The van der Waals surface area contributed by atoms with Crippen LogP contribution in [0.5, 0.6) is 11.5 Å². The monoisotopic (exact) mass is 489 g/mol. The van der Waals surface area contributed by atoms with Crippen molar-refractivity contribution in [3.05, 3.63) is 59.0 Å². The van der Waals surface area contributed by atoms with Gasteiger partial charge < -0.3 is 18.9 Å². The minimum atomic E-state index is -3.72. The molecule has 1 aliphatic heterocycles. The van der Waals surface area contributed by atoms with E-state index in [1.54, 1.807) is 11.0 Å². The Bertz CT molecular complexity index is 1200. The van der Waals surface area contributed by atoms with Crippen LogP contribution in [-0.2, 0) is 10.0 Å². The van der Waals surface area contributed by atoms with Gasteiger partial charge in [0.2, 0.25) is 10.0 Å². The number of hydrogen-bond acceptors (Lipinski definition) is 6. The molecule has 1 aliphatic rings. The summed E-state index contributed by atoms with van der Waals surface area (Å²) in [6.07, 6.45) is 3.80. The lowest BCUT2D eigenvalue weighted by Gasteiger charge is -2.34. The van der Waals surface area contributed by atoms with E-state index in [0.29, 0.717) is 42.7 Å². The summed E-state index contributed by atoms with van der Waals surface area (Å²) in [5.74, 6) is 0.845. The van der Waals surface area contributed by atoms with Crippen molar-refractivity contribution >= 4 is 27.3 Å². The highest BCUT2D eigenvalue weighted by molar-refractivity contribution is 7.89. The van der Waals surface area contributed by atoms with Gasteiger partial charge in [0.05, 0.1) is 23.8 Å². The lowest BCUT2D eigenvalue weighted by Crippen LogP contribution is -2.50. The molecule has 0 N–H and O–H groups in total. The SMILES string of the molecule is CCOc1ccc(S(=O)(=O)N2CCN(C(=O)c3sccc3-n3cccc3)CC2)cc1OCC. The fourth-order valence-electron chi connectivity index (χ4n) is 3.78. The summed E-state index contributed by atoms with van der Waals surface area (Å²) >= 11 is 1.39. The van der Waals surface area contributed by atoms with Crippen LogP contribution in [0, 0.1) is 0 Å². The lowest BCUT2D eigenvalue weighted by atomic mass is 10.3. The molecule has 0 radical (unpaired) electrons. The molecule has 4 rings (SSSR count). The number of piperazine rings is 1. The van der Waals surface area contributed by atoms with Crippen molar-refractivity contribution in [1.82, 2.24) is 13.8 Å². The summed E-state index contributed by atoms with van der Waals surface area (Å²) < 4.78 is 41.0. The zero-order valence-corrected chi connectivity index (χ0v) is 20.3. The van der Waals surface area contributed by atoms with Crippen molar-refractivity contribution in [3.8, 4) is 17.2 Å². The van der Waals surface area contributed by atoms with Crippen LogP contribution < -0.4 is 9.47 Å². The van der Waals surface area contributed by atoms with Gasteiger partial charge in [0.25, 0.3) is 5.91 Å². The van der Waals surface area contributed by atoms with Gasteiger partial charge in [0, 0.05) is 44.6 Å². The van der Waals surface area contributed by atoms with E-state index in [-0.39, 0.29) is 23.9 Å². The molecule has 33 heavy (non-hydrogen) atoms. The average molecular weight is 490 g/mol. The quantitative estimate of drug-likeness (QED) is 0.484. The first-order chi connectivity index (χ1) is 16.0. The second kappa shape index (κ2) is 9.98. The van der Waals surface area contributed by atoms with Crippen molar-refractivity contribution in [1.29, 1.82) is 0 Å². The van der Waals surface area contributed by atoms with Crippen molar-refractivity contribution in [2.45, 2.75) is 18.7 Å². The molecule has 0 spiro atoms. The molecule has 0 unspecified atom stereocenters. The number of sulfonamides is 1. The number of nitrogens with zero attached hydrogens (tertiary/aromatic N) is 3. The van der Waals surface area contributed by atoms with E-state index >= 15 is 0 Å². The molecule has 8 nitrogen and oxygen atoms in total. The molecule has 0 bridgehead atoms. The van der Waals surface area contributed by atoms with Crippen molar-refractivity contribution in [2.24, 2.45) is 0 Å². The number of benzene rings is 1. The van der Waals surface area contributed by atoms with Gasteiger partial charge in [-0.15, -0.1) is 11.3 Å². The zero-order valence-electron chi connectivity index (χ0n) is 18.6. The van der Waals surface area contributed by atoms with E-state index in [1.165, 1.54) is 27.8 Å². The Morgan fingerprint density at radius 3 is 2.30 bits per heavy atom. The maximum absolute atomic E-state index is 13.3. The molecule has 0 aliphatic carbocycles. The molecule has 1 saturated heterocycles. The largest absolute Gasteiger partial charge is 0.490 e. The summed E-state index contributed by atoms with van der Waals surface area (Å²) in [6.45, 7) is 5.68. The van der Waals surface area contributed by atoms with Crippen molar-refractivity contribution < 1.29 is 22.7 Å². The first-order valence-corrected chi connectivity index (χ1v) is 13.2. The van der Waals surface area contributed by atoms with Gasteiger partial charge >= 0.3 is 0 Å². The summed E-state index contributed by atoms with van der Waals surface area (Å²) in [5.41, 5.74) is 0.836. The number of thiophene rings is 1. The Morgan fingerprint density at radius 1 is 0.970 bits per heavy atom. The molecule has 10 heteroatoms. The van der Waals surface area contributed by atoms with E-state index in [1.807, 2.05) is 54.4 Å². The number of rotatable bonds is 8. The normalized spacial score (nSPS) is 14.9. The summed E-state index contributed by atoms with van der Waals surface area (Å²) in [7, 11) is -3.72. The number of amides is 1. The van der Waals surface area contributed by atoms with Gasteiger partial charge in [-0.05, 0) is 49.6 Å². The Hall–Kier alpha value is -2.82.